The van der Waals surface area contributed by atoms with E-state index < -0.39 is 11.8 Å². The predicted octanol–water partition coefficient (Wildman–Crippen LogP) is 5.04. The number of nitrogens with zero attached hydrogens (tertiary/aromatic N) is 1. The molecule has 0 radical (unpaired) electrons. The van der Waals surface area contributed by atoms with Crippen LogP contribution in [0.3, 0.4) is 0 Å². The van der Waals surface area contributed by atoms with Crippen LogP contribution < -0.4 is 19.7 Å². The Morgan fingerprint density at radius 1 is 1.19 bits per heavy atom. The van der Waals surface area contributed by atoms with Crippen LogP contribution in [0, 0.1) is 6.92 Å². The second kappa shape index (κ2) is 9.80. The molecule has 0 unspecified atom stereocenters. The fourth-order valence-corrected chi connectivity index (χ4v) is 4.12. The van der Waals surface area contributed by atoms with Gasteiger partial charge < -0.3 is 9.47 Å². The van der Waals surface area contributed by atoms with Gasteiger partial charge in [-0.2, -0.15) is 0 Å². The van der Waals surface area contributed by atoms with Crippen molar-refractivity contribution in [2.45, 2.75) is 20.8 Å². The van der Waals surface area contributed by atoms with Gasteiger partial charge in [0.25, 0.3) is 11.8 Å². The van der Waals surface area contributed by atoms with E-state index >= 15 is 0 Å². The summed E-state index contributed by atoms with van der Waals surface area (Å²) < 4.78 is 12.0. The Kier molecular flexibility index (Phi) is 7.35. The standard InChI is InChI=1S/C22H20BrClN2O4S/c1-4-29-18-11-13(10-15(23)19(18)30-5-2)9-14-20(27)25-22(31)26(21(14)28)17-8-6-7-16(24)12(17)3/h6-11H,4-5H2,1-3H3,(H,25,27,31)/b14-9+. The fraction of sp³-hybridized carbons (Fsp3) is 0.227. The molecule has 1 aliphatic rings. The van der Waals surface area contributed by atoms with Gasteiger partial charge in [-0.1, -0.05) is 17.7 Å². The lowest BCUT2D eigenvalue weighted by atomic mass is 10.1. The second-order valence-corrected chi connectivity index (χ2v) is 8.19. The molecule has 1 N–H and O–H groups in total. The van der Waals surface area contributed by atoms with Crippen molar-refractivity contribution in [1.29, 1.82) is 0 Å². The lowest BCUT2D eigenvalue weighted by Gasteiger charge is -2.30. The molecule has 1 fully saturated rings. The molecule has 162 valence electrons. The van der Waals surface area contributed by atoms with Gasteiger partial charge in [-0.15, -0.1) is 0 Å². The van der Waals surface area contributed by atoms with Crippen LogP contribution in [0.15, 0.2) is 40.4 Å². The first-order valence-electron chi connectivity index (χ1n) is 9.54. The van der Waals surface area contributed by atoms with E-state index in [9.17, 15) is 9.59 Å². The van der Waals surface area contributed by atoms with Crippen LogP contribution in [0.25, 0.3) is 6.08 Å². The van der Waals surface area contributed by atoms with Gasteiger partial charge in [0.05, 0.1) is 23.4 Å². The molecule has 2 aromatic rings. The zero-order valence-electron chi connectivity index (χ0n) is 17.1. The summed E-state index contributed by atoms with van der Waals surface area (Å²) in [6.45, 7) is 6.41. The highest BCUT2D eigenvalue weighted by molar-refractivity contribution is 9.10. The lowest BCUT2D eigenvalue weighted by molar-refractivity contribution is -0.122. The molecule has 0 aromatic heterocycles. The number of amides is 2. The van der Waals surface area contributed by atoms with E-state index in [0.29, 0.717) is 51.0 Å². The number of halogens is 2. The summed E-state index contributed by atoms with van der Waals surface area (Å²) in [5, 5.41) is 3.07. The third kappa shape index (κ3) is 4.76. The Morgan fingerprint density at radius 2 is 1.90 bits per heavy atom. The van der Waals surface area contributed by atoms with Crippen LogP contribution in [0.1, 0.15) is 25.0 Å². The molecule has 6 nitrogen and oxygen atoms in total. The topological polar surface area (TPSA) is 67.9 Å². The third-order valence-corrected chi connectivity index (χ3v) is 5.80. The van der Waals surface area contributed by atoms with Gasteiger partial charge in [0.2, 0.25) is 0 Å². The Balaban J connectivity index is 2.07. The van der Waals surface area contributed by atoms with E-state index in [0.717, 1.165) is 0 Å². The second-order valence-electron chi connectivity index (χ2n) is 6.54. The number of anilines is 1. The minimum absolute atomic E-state index is 0.000367. The highest BCUT2D eigenvalue weighted by Crippen LogP contribution is 2.38. The molecular formula is C22H20BrClN2O4S. The fourth-order valence-electron chi connectivity index (χ4n) is 3.10. The number of thiocarbonyl (C=S) groups is 1. The van der Waals surface area contributed by atoms with Gasteiger partial charge in [0.1, 0.15) is 5.57 Å². The molecule has 1 aliphatic heterocycles. The summed E-state index contributed by atoms with van der Waals surface area (Å²) in [4.78, 5) is 27.2. The van der Waals surface area contributed by atoms with E-state index in [2.05, 4.69) is 21.2 Å². The minimum Gasteiger partial charge on any atom is -0.490 e. The van der Waals surface area contributed by atoms with Crippen molar-refractivity contribution in [2.75, 3.05) is 18.1 Å². The maximum absolute atomic E-state index is 13.3. The van der Waals surface area contributed by atoms with Gasteiger partial charge in [0.15, 0.2) is 16.6 Å². The van der Waals surface area contributed by atoms with Crippen LogP contribution >= 0.6 is 39.7 Å². The van der Waals surface area contributed by atoms with Crippen molar-refractivity contribution in [1.82, 2.24) is 5.32 Å². The third-order valence-electron chi connectivity index (χ3n) is 4.51. The number of rotatable bonds is 6. The number of ether oxygens (including phenoxy) is 2. The van der Waals surface area contributed by atoms with Crippen LogP contribution in [0.2, 0.25) is 5.02 Å². The average molecular weight is 524 g/mol. The molecular weight excluding hydrogens is 504 g/mol. The molecule has 0 spiro atoms. The molecule has 3 rings (SSSR count). The van der Waals surface area contributed by atoms with Gasteiger partial charge in [-0.3, -0.25) is 19.8 Å². The molecule has 1 saturated heterocycles. The molecule has 0 atom stereocenters. The number of hydrogen-bond donors (Lipinski definition) is 1. The summed E-state index contributed by atoms with van der Waals surface area (Å²) in [5.74, 6) is -0.0495. The zero-order valence-corrected chi connectivity index (χ0v) is 20.3. The van der Waals surface area contributed by atoms with Crippen molar-refractivity contribution in [3.8, 4) is 11.5 Å². The summed E-state index contributed by atoms with van der Waals surface area (Å²) in [7, 11) is 0. The quantitative estimate of drug-likeness (QED) is 0.326. The van der Waals surface area contributed by atoms with Gasteiger partial charge in [-0.05, 0) is 90.4 Å². The molecule has 0 aliphatic carbocycles. The number of hydrogen-bond acceptors (Lipinski definition) is 5. The normalized spacial score (nSPS) is 15.3. The maximum atomic E-state index is 13.3. The first-order chi connectivity index (χ1) is 14.8. The Bertz CT molecular complexity index is 1100. The van der Waals surface area contributed by atoms with Crippen molar-refractivity contribution >= 4 is 68.4 Å². The van der Waals surface area contributed by atoms with Crippen molar-refractivity contribution in [3.63, 3.8) is 0 Å². The number of benzene rings is 2. The first kappa shape index (κ1) is 23.2. The van der Waals surface area contributed by atoms with Crippen molar-refractivity contribution < 1.29 is 19.1 Å². The molecule has 0 saturated carbocycles. The number of carbonyl (C=O) groups excluding carboxylic acids is 2. The molecule has 9 heteroatoms. The zero-order chi connectivity index (χ0) is 22.7. The number of carbonyl (C=O) groups is 2. The molecule has 2 amide bonds. The van der Waals surface area contributed by atoms with Crippen LogP contribution in [-0.2, 0) is 9.59 Å². The predicted molar refractivity (Wildman–Crippen MR) is 129 cm³/mol. The summed E-state index contributed by atoms with van der Waals surface area (Å²) >= 11 is 15.0. The monoisotopic (exact) mass is 522 g/mol. The molecule has 31 heavy (non-hydrogen) atoms. The number of nitrogens with one attached hydrogen (secondary N) is 1. The van der Waals surface area contributed by atoms with Crippen LogP contribution in [0.5, 0.6) is 11.5 Å². The summed E-state index contributed by atoms with van der Waals surface area (Å²) in [5.41, 5.74) is 1.72. The smallest absolute Gasteiger partial charge is 0.270 e. The molecule has 1 heterocycles. The Labute approximate surface area is 199 Å². The van der Waals surface area contributed by atoms with Crippen LogP contribution in [-0.4, -0.2) is 30.1 Å². The Morgan fingerprint density at radius 3 is 2.58 bits per heavy atom. The first-order valence-corrected chi connectivity index (χ1v) is 11.1. The largest absolute Gasteiger partial charge is 0.490 e. The minimum atomic E-state index is -0.575. The van der Waals surface area contributed by atoms with Gasteiger partial charge >= 0.3 is 0 Å². The highest BCUT2D eigenvalue weighted by atomic mass is 79.9. The van der Waals surface area contributed by atoms with Gasteiger partial charge in [0, 0.05) is 5.02 Å². The van der Waals surface area contributed by atoms with E-state index in [1.165, 1.54) is 11.0 Å². The molecule has 0 bridgehead atoms. The summed E-state index contributed by atoms with van der Waals surface area (Å²) in [6.07, 6.45) is 1.50. The lowest BCUT2D eigenvalue weighted by Crippen LogP contribution is -2.54. The van der Waals surface area contributed by atoms with Crippen molar-refractivity contribution in [3.05, 3.63) is 56.5 Å². The molecule has 2 aromatic carbocycles. The van der Waals surface area contributed by atoms with E-state index in [1.54, 1.807) is 37.3 Å². The highest BCUT2D eigenvalue weighted by Gasteiger charge is 2.35. The average Bonchev–Trinajstić information content (AvgIpc) is 2.71. The summed E-state index contributed by atoms with van der Waals surface area (Å²) in [6, 6.07) is 8.64. The SMILES string of the molecule is CCOc1cc(/C=C2\C(=O)NC(=S)N(c3cccc(Cl)c3C)C2=O)cc(Br)c1OCC. The van der Waals surface area contributed by atoms with Crippen LogP contribution in [0.4, 0.5) is 5.69 Å². The van der Waals surface area contributed by atoms with E-state index in [-0.39, 0.29) is 10.7 Å². The Hall–Kier alpha value is -2.42. The van der Waals surface area contributed by atoms with Crippen molar-refractivity contribution in [2.24, 2.45) is 0 Å². The van der Waals surface area contributed by atoms with E-state index in [4.69, 9.17) is 33.3 Å². The van der Waals surface area contributed by atoms with Gasteiger partial charge in [-0.25, -0.2) is 0 Å². The maximum Gasteiger partial charge on any atom is 0.270 e. The van der Waals surface area contributed by atoms with E-state index in [1.807, 2.05) is 13.8 Å².